The molecule has 144 valence electrons. The Hall–Kier alpha value is -3.48. The molecule has 0 saturated carbocycles. The Kier molecular flexibility index (Phi) is 6.51. The summed E-state index contributed by atoms with van der Waals surface area (Å²) in [5.41, 5.74) is 3.35. The maximum atomic E-state index is 12.2. The molecule has 0 aliphatic rings. The molecule has 0 bridgehead atoms. The van der Waals surface area contributed by atoms with E-state index in [9.17, 15) is 4.79 Å². The number of hydrogen-bond donors (Lipinski definition) is 2. The summed E-state index contributed by atoms with van der Waals surface area (Å²) in [6.45, 7) is 6.64. The van der Waals surface area contributed by atoms with Crippen molar-refractivity contribution < 1.29 is 4.79 Å². The molecule has 3 rings (SSSR count). The van der Waals surface area contributed by atoms with Crippen LogP contribution in [0.2, 0.25) is 0 Å². The first-order valence-electron chi connectivity index (χ1n) is 9.30. The van der Waals surface area contributed by atoms with Crippen LogP contribution in [0.4, 0.5) is 17.2 Å². The molecule has 0 spiro atoms. The summed E-state index contributed by atoms with van der Waals surface area (Å²) in [6, 6.07) is 11.9. The Morgan fingerprint density at radius 3 is 2.29 bits per heavy atom. The maximum Gasteiger partial charge on any atom is 0.271 e. The first kappa shape index (κ1) is 19.3. The number of aromatic nitrogens is 3. The van der Waals surface area contributed by atoms with E-state index in [0.717, 1.165) is 24.3 Å². The fraction of sp³-hybridized carbons (Fsp3) is 0.238. The second-order valence-electron chi connectivity index (χ2n) is 6.17. The van der Waals surface area contributed by atoms with Gasteiger partial charge in [-0.25, -0.2) is 9.97 Å². The highest BCUT2D eigenvalue weighted by Crippen LogP contribution is 2.20. The monoisotopic (exact) mass is 376 g/mol. The van der Waals surface area contributed by atoms with Gasteiger partial charge < -0.3 is 15.5 Å². The molecule has 7 heteroatoms. The molecule has 0 radical (unpaired) electrons. The van der Waals surface area contributed by atoms with Crippen molar-refractivity contribution in [3.05, 3.63) is 72.4 Å². The molecule has 2 aromatic heterocycles. The normalized spacial score (nSPS) is 10.4. The highest BCUT2D eigenvalue weighted by atomic mass is 16.1. The predicted molar refractivity (Wildman–Crippen MR) is 111 cm³/mol. The highest BCUT2D eigenvalue weighted by molar-refractivity contribution is 5.92. The Morgan fingerprint density at radius 2 is 1.68 bits per heavy atom. The largest absolute Gasteiger partial charge is 0.372 e. The standard InChI is InChI=1S/C21H24N6O/c1-3-27(4-2)18-7-5-17(6-8-18)26-20-15-23-19(14-24-20)21(28)25-13-16-9-11-22-12-10-16/h5-12,14-15H,3-4,13H2,1-2H3,(H,24,26)(H,25,28). The fourth-order valence-corrected chi connectivity index (χ4v) is 2.78. The van der Waals surface area contributed by atoms with Gasteiger partial charge in [0.2, 0.25) is 0 Å². The number of pyridine rings is 1. The van der Waals surface area contributed by atoms with Crippen LogP contribution in [0.15, 0.2) is 61.2 Å². The van der Waals surface area contributed by atoms with Gasteiger partial charge in [-0.05, 0) is 55.8 Å². The molecule has 0 fully saturated rings. The minimum Gasteiger partial charge on any atom is -0.372 e. The van der Waals surface area contributed by atoms with Crippen LogP contribution >= 0.6 is 0 Å². The summed E-state index contributed by atoms with van der Waals surface area (Å²) in [6.07, 6.45) is 6.40. The number of amides is 1. The molecule has 0 unspecified atom stereocenters. The van der Waals surface area contributed by atoms with Gasteiger partial charge in [-0.15, -0.1) is 0 Å². The van der Waals surface area contributed by atoms with Gasteiger partial charge in [0.05, 0.1) is 12.4 Å². The van der Waals surface area contributed by atoms with Gasteiger partial charge in [0.25, 0.3) is 5.91 Å². The van der Waals surface area contributed by atoms with E-state index in [0.29, 0.717) is 12.4 Å². The van der Waals surface area contributed by atoms with E-state index in [2.05, 4.69) is 56.5 Å². The molecule has 0 saturated heterocycles. The van der Waals surface area contributed by atoms with Gasteiger partial charge >= 0.3 is 0 Å². The highest BCUT2D eigenvalue weighted by Gasteiger charge is 2.08. The average Bonchev–Trinajstić information content (AvgIpc) is 2.75. The predicted octanol–water partition coefficient (Wildman–Crippen LogP) is 3.39. The third-order valence-electron chi connectivity index (χ3n) is 4.36. The second-order valence-corrected chi connectivity index (χ2v) is 6.17. The van der Waals surface area contributed by atoms with Crippen LogP contribution in [-0.2, 0) is 6.54 Å². The van der Waals surface area contributed by atoms with Gasteiger partial charge in [0.15, 0.2) is 0 Å². The quantitative estimate of drug-likeness (QED) is 0.627. The molecule has 2 heterocycles. The minimum absolute atomic E-state index is 0.264. The number of nitrogens with one attached hydrogen (secondary N) is 2. The lowest BCUT2D eigenvalue weighted by atomic mass is 10.2. The second kappa shape index (κ2) is 9.45. The van der Waals surface area contributed by atoms with Crippen LogP contribution in [0.1, 0.15) is 29.9 Å². The summed E-state index contributed by atoms with van der Waals surface area (Å²) in [7, 11) is 0. The number of hydrogen-bond acceptors (Lipinski definition) is 6. The van der Waals surface area contributed by atoms with Crippen molar-refractivity contribution in [2.45, 2.75) is 20.4 Å². The van der Waals surface area contributed by atoms with E-state index in [1.807, 2.05) is 24.3 Å². The van der Waals surface area contributed by atoms with E-state index in [1.165, 1.54) is 11.9 Å². The molecule has 2 N–H and O–H groups in total. The maximum absolute atomic E-state index is 12.2. The van der Waals surface area contributed by atoms with E-state index < -0.39 is 0 Å². The summed E-state index contributed by atoms with van der Waals surface area (Å²) in [5.74, 6) is 0.320. The topological polar surface area (TPSA) is 83.0 Å². The molecule has 0 atom stereocenters. The number of carbonyl (C=O) groups is 1. The average molecular weight is 376 g/mol. The fourth-order valence-electron chi connectivity index (χ4n) is 2.78. The van der Waals surface area contributed by atoms with E-state index >= 15 is 0 Å². The molecule has 28 heavy (non-hydrogen) atoms. The molecule has 7 nitrogen and oxygen atoms in total. The van der Waals surface area contributed by atoms with Crippen LogP contribution in [0, 0.1) is 0 Å². The Bertz CT molecular complexity index is 877. The van der Waals surface area contributed by atoms with Crippen LogP contribution in [0.5, 0.6) is 0 Å². The minimum atomic E-state index is -0.264. The van der Waals surface area contributed by atoms with Crippen LogP contribution < -0.4 is 15.5 Å². The Labute approximate surface area is 164 Å². The number of anilines is 3. The molecular weight excluding hydrogens is 352 g/mol. The van der Waals surface area contributed by atoms with Crippen molar-refractivity contribution >= 4 is 23.1 Å². The smallest absolute Gasteiger partial charge is 0.271 e. The van der Waals surface area contributed by atoms with Gasteiger partial charge in [-0.2, -0.15) is 0 Å². The van der Waals surface area contributed by atoms with Gasteiger partial charge in [0.1, 0.15) is 11.5 Å². The van der Waals surface area contributed by atoms with Crippen molar-refractivity contribution in [2.75, 3.05) is 23.3 Å². The van der Waals surface area contributed by atoms with E-state index in [4.69, 9.17) is 0 Å². The Morgan fingerprint density at radius 1 is 0.964 bits per heavy atom. The molecule has 0 aliphatic carbocycles. The molecule has 3 aromatic rings. The van der Waals surface area contributed by atoms with Crippen molar-refractivity contribution in [3.8, 4) is 0 Å². The van der Waals surface area contributed by atoms with E-state index in [-0.39, 0.29) is 11.6 Å². The lowest BCUT2D eigenvalue weighted by Gasteiger charge is -2.21. The zero-order valence-electron chi connectivity index (χ0n) is 16.1. The summed E-state index contributed by atoms with van der Waals surface area (Å²) >= 11 is 0. The van der Waals surface area contributed by atoms with Crippen molar-refractivity contribution in [3.63, 3.8) is 0 Å². The van der Waals surface area contributed by atoms with Gasteiger partial charge in [0, 0.05) is 43.4 Å². The number of rotatable bonds is 8. The zero-order chi connectivity index (χ0) is 19.8. The third kappa shape index (κ3) is 5.03. The Balaban J connectivity index is 1.57. The summed E-state index contributed by atoms with van der Waals surface area (Å²) in [4.78, 5) is 26.9. The summed E-state index contributed by atoms with van der Waals surface area (Å²) < 4.78 is 0. The number of nitrogens with zero attached hydrogens (tertiary/aromatic N) is 4. The first-order chi connectivity index (χ1) is 13.7. The first-order valence-corrected chi connectivity index (χ1v) is 9.30. The number of benzene rings is 1. The molecule has 1 aromatic carbocycles. The lowest BCUT2D eigenvalue weighted by Crippen LogP contribution is -2.24. The molecule has 0 aliphatic heterocycles. The third-order valence-corrected chi connectivity index (χ3v) is 4.36. The van der Waals surface area contributed by atoms with Gasteiger partial charge in [-0.1, -0.05) is 0 Å². The lowest BCUT2D eigenvalue weighted by molar-refractivity contribution is 0.0945. The van der Waals surface area contributed by atoms with Crippen LogP contribution in [0.25, 0.3) is 0 Å². The van der Waals surface area contributed by atoms with Crippen LogP contribution in [0.3, 0.4) is 0 Å². The zero-order valence-corrected chi connectivity index (χ0v) is 16.1. The van der Waals surface area contributed by atoms with Crippen molar-refractivity contribution in [2.24, 2.45) is 0 Å². The van der Waals surface area contributed by atoms with E-state index in [1.54, 1.807) is 18.6 Å². The molecule has 1 amide bonds. The summed E-state index contributed by atoms with van der Waals surface area (Å²) in [5, 5.41) is 6.02. The SMILES string of the molecule is CCN(CC)c1ccc(Nc2cnc(C(=O)NCc3ccncc3)cn2)cc1. The number of carbonyl (C=O) groups excluding carboxylic acids is 1. The van der Waals surface area contributed by atoms with Crippen LogP contribution in [-0.4, -0.2) is 33.9 Å². The molecular formula is C21H24N6O. The van der Waals surface area contributed by atoms with Crippen molar-refractivity contribution in [1.29, 1.82) is 0 Å². The van der Waals surface area contributed by atoms with Gasteiger partial charge in [-0.3, -0.25) is 9.78 Å². The van der Waals surface area contributed by atoms with Crippen molar-refractivity contribution in [1.82, 2.24) is 20.3 Å².